The Morgan fingerprint density at radius 3 is 3.07 bits per heavy atom. The highest BCUT2D eigenvalue weighted by Crippen LogP contribution is 2.02. The van der Waals surface area contributed by atoms with Crippen molar-refractivity contribution in [2.75, 3.05) is 6.61 Å². The lowest BCUT2D eigenvalue weighted by Gasteiger charge is -2.06. The van der Waals surface area contributed by atoms with Crippen molar-refractivity contribution < 1.29 is 4.74 Å². The Morgan fingerprint density at radius 2 is 2.40 bits per heavy atom. The highest BCUT2D eigenvalue weighted by molar-refractivity contribution is 5.17. The molecule has 0 saturated carbocycles. The lowest BCUT2D eigenvalue weighted by Crippen LogP contribution is -2.21. The molecule has 4 heteroatoms. The van der Waals surface area contributed by atoms with E-state index in [4.69, 9.17) is 10.00 Å². The summed E-state index contributed by atoms with van der Waals surface area (Å²) in [6.45, 7) is 2.94. The molecule has 0 spiro atoms. The second-order valence-corrected chi connectivity index (χ2v) is 3.13. The molecule has 0 radical (unpaired) electrons. The maximum atomic E-state index is 11.7. The first-order valence-corrected chi connectivity index (χ1v) is 4.98. The molecule has 0 aliphatic rings. The van der Waals surface area contributed by atoms with Crippen LogP contribution in [0.3, 0.4) is 0 Å². The Labute approximate surface area is 88.7 Å². The molecule has 4 nitrogen and oxygen atoms in total. The Hall–Kier alpha value is -1.76. The smallest absolute Gasteiger partial charge is 0.292 e. The summed E-state index contributed by atoms with van der Waals surface area (Å²) in [6, 6.07) is 5.41. The number of aryl methyl sites for hydroxylation is 1. The van der Waals surface area contributed by atoms with Crippen LogP contribution >= 0.6 is 0 Å². The van der Waals surface area contributed by atoms with Crippen LogP contribution in [0.4, 0.5) is 0 Å². The Balaban J connectivity index is 2.82. The zero-order valence-electron chi connectivity index (χ0n) is 8.77. The van der Waals surface area contributed by atoms with Gasteiger partial charge in [-0.05, 0) is 18.6 Å². The molecule has 1 aromatic heterocycles. The summed E-state index contributed by atoms with van der Waals surface area (Å²) in [6.07, 6.45) is 2.86. The zero-order valence-corrected chi connectivity index (χ0v) is 8.77. The van der Waals surface area contributed by atoms with Crippen molar-refractivity contribution in [2.24, 2.45) is 0 Å². The van der Waals surface area contributed by atoms with E-state index >= 15 is 0 Å². The van der Waals surface area contributed by atoms with Crippen molar-refractivity contribution in [3.63, 3.8) is 0 Å². The van der Waals surface area contributed by atoms with Gasteiger partial charge in [0, 0.05) is 12.7 Å². The van der Waals surface area contributed by atoms with Crippen molar-refractivity contribution in [3.8, 4) is 11.8 Å². The van der Waals surface area contributed by atoms with Crippen LogP contribution in [0.1, 0.15) is 19.8 Å². The average molecular weight is 206 g/mol. The van der Waals surface area contributed by atoms with E-state index in [0.29, 0.717) is 25.3 Å². The van der Waals surface area contributed by atoms with Crippen LogP contribution in [0.25, 0.3) is 0 Å². The van der Waals surface area contributed by atoms with Crippen LogP contribution in [0.5, 0.6) is 5.75 Å². The standard InChI is InChI=1S/C11H14N2O2/c1-2-9-15-10-5-3-7-13(11(10)14)8-4-6-12/h3,5,7H,2,4,8-9H2,1H3. The number of ether oxygens (including phenoxy) is 1. The molecule has 0 fully saturated rings. The normalized spacial score (nSPS) is 9.60. The Kier molecular flexibility index (Phi) is 4.42. The topological polar surface area (TPSA) is 55.0 Å². The van der Waals surface area contributed by atoms with E-state index in [1.165, 1.54) is 4.57 Å². The van der Waals surface area contributed by atoms with Crippen molar-refractivity contribution in [1.82, 2.24) is 4.57 Å². The van der Waals surface area contributed by atoms with E-state index in [0.717, 1.165) is 6.42 Å². The van der Waals surface area contributed by atoms with Crippen LogP contribution < -0.4 is 10.3 Å². The van der Waals surface area contributed by atoms with Crippen LogP contribution in [0, 0.1) is 11.3 Å². The minimum Gasteiger partial charge on any atom is -0.488 e. The van der Waals surface area contributed by atoms with Gasteiger partial charge >= 0.3 is 0 Å². The van der Waals surface area contributed by atoms with Gasteiger partial charge in [-0.3, -0.25) is 4.79 Å². The summed E-state index contributed by atoms with van der Waals surface area (Å²) in [4.78, 5) is 11.7. The zero-order chi connectivity index (χ0) is 11.1. The van der Waals surface area contributed by atoms with Crippen molar-refractivity contribution in [3.05, 3.63) is 28.7 Å². The summed E-state index contributed by atoms with van der Waals surface area (Å²) in [5, 5.41) is 8.43. The molecule has 0 atom stereocenters. The molecule has 0 N–H and O–H groups in total. The minimum atomic E-state index is -0.166. The molecule has 0 aliphatic heterocycles. The van der Waals surface area contributed by atoms with Gasteiger partial charge in [-0.2, -0.15) is 5.26 Å². The quantitative estimate of drug-likeness (QED) is 0.734. The predicted octanol–water partition coefficient (Wildman–Crippen LogP) is 1.55. The number of hydrogen-bond acceptors (Lipinski definition) is 3. The number of aromatic nitrogens is 1. The SMILES string of the molecule is CCCOc1cccn(CCC#N)c1=O. The van der Waals surface area contributed by atoms with Crippen molar-refractivity contribution in [1.29, 1.82) is 5.26 Å². The lowest BCUT2D eigenvalue weighted by atomic mass is 10.4. The molecule has 80 valence electrons. The number of pyridine rings is 1. The highest BCUT2D eigenvalue weighted by Gasteiger charge is 2.02. The fourth-order valence-corrected chi connectivity index (χ4v) is 1.18. The van der Waals surface area contributed by atoms with E-state index in [1.54, 1.807) is 18.3 Å². The molecule has 0 amide bonds. The van der Waals surface area contributed by atoms with Gasteiger partial charge in [0.05, 0.1) is 19.1 Å². The van der Waals surface area contributed by atoms with Gasteiger partial charge in [-0.25, -0.2) is 0 Å². The Morgan fingerprint density at radius 1 is 1.60 bits per heavy atom. The summed E-state index contributed by atoms with van der Waals surface area (Å²) in [5.41, 5.74) is -0.166. The second-order valence-electron chi connectivity index (χ2n) is 3.13. The first-order chi connectivity index (χ1) is 7.29. The van der Waals surface area contributed by atoms with Gasteiger partial charge in [0.2, 0.25) is 0 Å². The van der Waals surface area contributed by atoms with Gasteiger partial charge < -0.3 is 9.30 Å². The first kappa shape index (κ1) is 11.3. The minimum absolute atomic E-state index is 0.166. The third-order valence-electron chi connectivity index (χ3n) is 1.91. The molecule has 0 bridgehead atoms. The first-order valence-electron chi connectivity index (χ1n) is 4.98. The van der Waals surface area contributed by atoms with Gasteiger partial charge in [0.25, 0.3) is 5.56 Å². The van der Waals surface area contributed by atoms with Crippen LogP contribution in [0.15, 0.2) is 23.1 Å². The van der Waals surface area contributed by atoms with Gasteiger partial charge in [-0.1, -0.05) is 6.92 Å². The van der Waals surface area contributed by atoms with E-state index < -0.39 is 0 Å². The summed E-state index contributed by atoms with van der Waals surface area (Å²) < 4.78 is 6.78. The molecule has 0 aliphatic carbocycles. The molecule has 0 saturated heterocycles. The maximum Gasteiger partial charge on any atom is 0.292 e. The van der Waals surface area contributed by atoms with Gasteiger partial charge in [-0.15, -0.1) is 0 Å². The number of hydrogen-bond donors (Lipinski definition) is 0. The van der Waals surface area contributed by atoms with E-state index in [1.807, 2.05) is 13.0 Å². The molecule has 1 aromatic rings. The Bertz CT molecular complexity index is 404. The van der Waals surface area contributed by atoms with Crippen molar-refractivity contribution >= 4 is 0 Å². The molecule has 0 aromatic carbocycles. The number of nitrogens with zero attached hydrogens (tertiary/aromatic N) is 2. The summed E-state index contributed by atoms with van der Waals surface area (Å²) >= 11 is 0. The van der Waals surface area contributed by atoms with Crippen LogP contribution in [-0.4, -0.2) is 11.2 Å². The molecule has 1 heterocycles. The number of rotatable bonds is 5. The summed E-state index contributed by atoms with van der Waals surface area (Å²) in [7, 11) is 0. The van der Waals surface area contributed by atoms with Crippen molar-refractivity contribution in [2.45, 2.75) is 26.3 Å². The highest BCUT2D eigenvalue weighted by atomic mass is 16.5. The molecule has 1 rings (SSSR count). The third-order valence-corrected chi connectivity index (χ3v) is 1.91. The monoisotopic (exact) mass is 206 g/mol. The van der Waals surface area contributed by atoms with E-state index in [-0.39, 0.29) is 5.56 Å². The van der Waals surface area contributed by atoms with Gasteiger partial charge in [0.1, 0.15) is 0 Å². The second kappa shape index (κ2) is 5.86. The average Bonchev–Trinajstić information content (AvgIpc) is 2.26. The van der Waals surface area contributed by atoms with E-state index in [2.05, 4.69) is 0 Å². The summed E-state index contributed by atoms with van der Waals surface area (Å²) in [5.74, 6) is 0.359. The largest absolute Gasteiger partial charge is 0.488 e. The molecule has 15 heavy (non-hydrogen) atoms. The van der Waals surface area contributed by atoms with Gasteiger partial charge in [0.15, 0.2) is 5.75 Å². The lowest BCUT2D eigenvalue weighted by molar-refractivity contribution is 0.310. The molecular weight excluding hydrogens is 192 g/mol. The molecule has 0 unspecified atom stereocenters. The van der Waals surface area contributed by atoms with Crippen LogP contribution in [-0.2, 0) is 6.54 Å². The van der Waals surface area contributed by atoms with Crippen LogP contribution in [0.2, 0.25) is 0 Å². The maximum absolute atomic E-state index is 11.7. The fraction of sp³-hybridized carbons (Fsp3) is 0.455. The fourth-order valence-electron chi connectivity index (χ4n) is 1.18. The third kappa shape index (κ3) is 3.13. The predicted molar refractivity (Wildman–Crippen MR) is 56.7 cm³/mol. The van der Waals surface area contributed by atoms with E-state index in [9.17, 15) is 4.79 Å². The number of nitriles is 1. The molecular formula is C11H14N2O2.